The van der Waals surface area contributed by atoms with Crippen LogP contribution < -0.4 is 10.2 Å². The molecule has 0 atom stereocenters. The maximum atomic E-state index is 12.0. The van der Waals surface area contributed by atoms with Crippen LogP contribution >= 0.6 is 22.9 Å². The Bertz CT molecular complexity index is 742. The Hall–Kier alpha value is -1.96. The Balaban J connectivity index is 1.48. The number of hydrogen-bond donors (Lipinski definition) is 1. The van der Waals surface area contributed by atoms with E-state index in [1.165, 1.54) is 11.3 Å². The summed E-state index contributed by atoms with van der Waals surface area (Å²) in [5.74, 6) is 0.579. The van der Waals surface area contributed by atoms with Crippen molar-refractivity contribution in [1.82, 2.24) is 4.98 Å². The minimum absolute atomic E-state index is 0.0761. The molecular formula is C17H18ClN3O3S. The third-order valence-corrected chi connectivity index (χ3v) is 5.07. The van der Waals surface area contributed by atoms with Gasteiger partial charge in [-0.1, -0.05) is 11.6 Å². The molecule has 1 aliphatic rings. The SMILES string of the molecule is O=C(CCC(=O)c1ccc(Cl)s1)Nc1ccc(N2CCOCC2)nc1. The minimum atomic E-state index is -0.211. The number of ketones is 1. The maximum absolute atomic E-state index is 12.0. The zero-order valence-corrected chi connectivity index (χ0v) is 15.1. The predicted molar refractivity (Wildman–Crippen MR) is 98.8 cm³/mol. The molecule has 1 aliphatic heterocycles. The first-order valence-electron chi connectivity index (χ1n) is 7.99. The van der Waals surface area contributed by atoms with Crippen LogP contribution in [0.2, 0.25) is 4.34 Å². The number of morpholine rings is 1. The highest BCUT2D eigenvalue weighted by atomic mass is 35.5. The highest BCUT2D eigenvalue weighted by molar-refractivity contribution is 7.18. The van der Waals surface area contributed by atoms with Crippen molar-refractivity contribution in [1.29, 1.82) is 0 Å². The Labute approximate surface area is 154 Å². The molecule has 0 aliphatic carbocycles. The zero-order valence-electron chi connectivity index (χ0n) is 13.5. The Morgan fingerprint density at radius 3 is 2.64 bits per heavy atom. The van der Waals surface area contributed by atoms with Gasteiger partial charge in [0.2, 0.25) is 5.91 Å². The van der Waals surface area contributed by atoms with Crippen LogP contribution in [-0.4, -0.2) is 43.0 Å². The highest BCUT2D eigenvalue weighted by Crippen LogP contribution is 2.23. The molecule has 1 fully saturated rings. The molecule has 1 N–H and O–H groups in total. The van der Waals surface area contributed by atoms with E-state index in [2.05, 4.69) is 15.2 Å². The number of aromatic nitrogens is 1. The van der Waals surface area contributed by atoms with E-state index < -0.39 is 0 Å². The van der Waals surface area contributed by atoms with Crippen molar-refractivity contribution in [2.75, 3.05) is 36.5 Å². The van der Waals surface area contributed by atoms with E-state index in [9.17, 15) is 9.59 Å². The van der Waals surface area contributed by atoms with E-state index in [4.69, 9.17) is 16.3 Å². The number of pyridine rings is 1. The maximum Gasteiger partial charge on any atom is 0.224 e. The number of halogens is 1. The molecule has 0 unspecified atom stereocenters. The quantitative estimate of drug-likeness (QED) is 0.780. The minimum Gasteiger partial charge on any atom is -0.378 e. The second-order valence-electron chi connectivity index (χ2n) is 5.58. The number of carbonyl (C=O) groups excluding carboxylic acids is 2. The van der Waals surface area contributed by atoms with Gasteiger partial charge in [-0.3, -0.25) is 9.59 Å². The number of Topliss-reactive ketones (excluding diaryl/α,β-unsaturated/α-hetero) is 1. The largest absolute Gasteiger partial charge is 0.378 e. The monoisotopic (exact) mass is 379 g/mol. The number of carbonyl (C=O) groups is 2. The normalized spacial score (nSPS) is 14.4. The lowest BCUT2D eigenvalue weighted by Gasteiger charge is -2.27. The van der Waals surface area contributed by atoms with E-state index in [0.717, 1.165) is 18.9 Å². The van der Waals surface area contributed by atoms with Gasteiger partial charge in [0.1, 0.15) is 5.82 Å². The lowest BCUT2D eigenvalue weighted by molar-refractivity contribution is -0.116. The van der Waals surface area contributed by atoms with Crippen LogP contribution in [0.25, 0.3) is 0 Å². The molecule has 0 saturated carbocycles. The molecule has 3 heterocycles. The fourth-order valence-electron chi connectivity index (χ4n) is 2.48. The number of hydrogen-bond acceptors (Lipinski definition) is 6. The molecule has 0 radical (unpaired) electrons. The van der Waals surface area contributed by atoms with Crippen LogP contribution in [0.3, 0.4) is 0 Å². The molecule has 1 amide bonds. The predicted octanol–water partition coefficient (Wildman–Crippen LogP) is 3.23. The first kappa shape index (κ1) is 17.8. The molecule has 2 aromatic heterocycles. The van der Waals surface area contributed by atoms with Crippen molar-refractivity contribution in [3.05, 3.63) is 39.7 Å². The summed E-state index contributed by atoms with van der Waals surface area (Å²) in [5, 5.41) is 2.76. The van der Waals surface area contributed by atoms with Crippen LogP contribution in [0.4, 0.5) is 11.5 Å². The fraction of sp³-hybridized carbons (Fsp3) is 0.353. The molecule has 3 rings (SSSR count). The molecular weight excluding hydrogens is 362 g/mol. The van der Waals surface area contributed by atoms with Gasteiger partial charge in [0.25, 0.3) is 0 Å². The van der Waals surface area contributed by atoms with Gasteiger partial charge >= 0.3 is 0 Å². The number of rotatable bonds is 6. The summed E-state index contributed by atoms with van der Waals surface area (Å²) in [7, 11) is 0. The average Bonchev–Trinajstić information content (AvgIpc) is 3.08. The molecule has 0 bridgehead atoms. The fourth-order valence-corrected chi connectivity index (χ4v) is 3.49. The molecule has 0 aromatic carbocycles. The summed E-state index contributed by atoms with van der Waals surface area (Å²) in [6, 6.07) is 7.05. The van der Waals surface area contributed by atoms with Gasteiger partial charge in [-0.25, -0.2) is 4.98 Å². The van der Waals surface area contributed by atoms with Gasteiger partial charge in [0.05, 0.1) is 34.3 Å². The number of thiophene rings is 1. The lowest BCUT2D eigenvalue weighted by Crippen LogP contribution is -2.36. The number of ether oxygens (including phenoxy) is 1. The summed E-state index contributed by atoms with van der Waals surface area (Å²) in [4.78, 5) is 31.1. The summed E-state index contributed by atoms with van der Waals surface area (Å²) in [6.45, 7) is 3.02. The van der Waals surface area contributed by atoms with Crippen LogP contribution in [0, 0.1) is 0 Å². The van der Waals surface area contributed by atoms with Crippen LogP contribution in [0.1, 0.15) is 22.5 Å². The first-order valence-corrected chi connectivity index (χ1v) is 9.18. The summed E-state index contributed by atoms with van der Waals surface area (Å²) in [6.07, 6.45) is 1.91. The van der Waals surface area contributed by atoms with E-state index in [-0.39, 0.29) is 24.5 Å². The van der Waals surface area contributed by atoms with Gasteiger partial charge < -0.3 is 15.0 Å². The Kier molecular flexibility index (Phi) is 6.01. The van der Waals surface area contributed by atoms with Crippen molar-refractivity contribution in [2.45, 2.75) is 12.8 Å². The number of amides is 1. The van der Waals surface area contributed by atoms with E-state index in [0.29, 0.717) is 28.1 Å². The molecule has 25 heavy (non-hydrogen) atoms. The lowest BCUT2D eigenvalue weighted by atomic mass is 10.2. The second kappa shape index (κ2) is 8.42. The summed E-state index contributed by atoms with van der Waals surface area (Å²) >= 11 is 7.04. The standard InChI is InChI=1S/C17H18ClN3O3S/c18-15-4-3-14(25-15)13(22)2-6-17(23)20-12-1-5-16(19-11-12)21-7-9-24-10-8-21/h1,3-5,11H,2,6-10H2,(H,20,23). The smallest absolute Gasteiger partial charge is 0.224 e. The van der Waals surface area contributed by atoms with Crippen LogP contribution in [0.5, 0.6) is 0 Å². The van der Waals surface area contributed by atoms with Gasteiger partial charge in [0, 0.05) is 25.9 Å². The first-order chi connectivity index (χ1) is 12.1. The third kappa shape index (κ3) is 5.01. The molecule has 1 saturated heterocycles. The van der Waals surface area contributed by atoms with Gasteiger partial charge in [-0.05, 0) is 24.3 Å². The Morgan fingerprint density at radius 2 is 2.00 bits per heavy atom. The van der Waals surface area contributed by atoms with Crippen molar-refractivity contribution in [2.24, 2.45) is 0 Å². The molecule has 2 aromatic rings. The zero-order chi connectivity index (χ0) is 17.6. The third-order valence-electron chi connectivity index (χ3n) is 3.79. The van der Waals surface area contributed by atoms with Crippen LogP contribution in [-0.2, 0) is 9.53 Å². The number of nitrogens with zero attached hydrogens (tertiary/aromatic N) is 2. The van der Waals surface area contributed by atoms with Gasteiger partial charge in [0.15, 0.2) is 5.78 Å². The Morgan fingerprint density at radius 1 is 1.20 bits per heavy atom. The van der Waals surface area contributed by atoms with E-state index in [1.54, 1.807) is 18.3 Å². The van der Waals surface area contributed by atoms with Crippen LogP contribution in [0.15, 0.2) is 30.5 Å². The molecule has 132 valence electrons. The summed E-state index contributed by atoms with van der Waals surface area (Å²) in [5.41, 5.74) is 0.619. The molecule has 0 spiro atoms. The van der Waals surface area contributed by atoms with E-state index in [1.807, 2.05) is 12.1 Å². The number of nitrogens with one attached hydrogen (secondary N) is 1. The second-order valence-corrected chi connectivity index (χ2v) is 7.29. The topological polar surface area (TPSA) is 71.5 Å². The van der Waals surface area contributed by atoms with Crippen molar-refractivity contribution >= 4 is 46.1 Å². The van der Waals surface area contributed by atoms with Gasteiger partial charge in [-0.2, -0.15) is 0 Å². The van der Waals surface area contributed by atoms with Gasteiger partial charge in [-0.15, -0.1) is 11.3 Å². The average molecular weight is 380 g/mol. The van der Waals surface area contributed by atoms with Crippen molar-refractivity contribution in [3.63, 3.8) is 0 Å². The molecule has 6 nitrogen and oxygen atoms in total. The van der Waals surface area contributed by atoms with Crippen molar-refractivity contribution in [3.8, 4) is 0 Å². The van der Waals surface area contributed by atoms with E-state index >= 15 is 0 Å². The highest BCUT2D eigenvalue weighted by Gasteiger charge is 2.14. The number of anilines is 2. The van der Waals surface area contributed by atoms with Crippen molar-refractivity contribution < 1.29 is 14.3 Å². The summed E-state index contributed by atoms with van der Waals surface area (Å²) < 4.78 is 5.89. The molecule has 8 heteroatoms.